The predicted molar refractivity (Wildman–Crippen MR) is 103 cm³/mol. The summed E-state index contributed by atoms with van der Waals surface area (Å²) in [6, 6.07) is 9.57. The summed E-state index contributed by atoms with van der Waals surface area (Å²) in [5, 5.41) is 7.46. The van der Waals surface area contributed by atoms with Crippen LogP contribution in [0.2, 0.25) is 0 Å². The summed E-state index contributed by atoms with van der Waals surface area (Å²) in [6.45, 7) is 6.23. The molecule has 1 aliphatic heterocycles. The highest BCUT2D eigenvalue weighted by molar-refractivity contribution is 5.95. The fraction of sp³-hybridized carbons (Fsp3) is 0.476. The summed E-state index contributed by atoms with van der Waals surface area (Å²) in [4.78, 5) is 27.1. The Morgan fingerprint density at radius 2 is 1.93 bits per heavy atom. The van der Waals surface area contributed by atoms with Crippen molar-refractivity contribution in [2.75, 3.05) is 13.1 Å². The summed E-state index contributed by atoms with van der Waals surface area (Å²) in [5.41, 5.74) is 2.51. The van der Waals surface area contributed by atoms with E-state index in [2.05, 4.69) is 10.4 Å². The molecule has 4 rings (SSSR count). The van der Waals surface area contributed by atoms with E-state index < -0.39 is 0 Å². The molecule has 1 aromatic carbocycles. The molecule has 142 valence electrons. The van der Waals surface area contributed by atoms with E-state index in [1.807, 2.05) is 53.8 Å². The maximum Gasteiger partial charge on any atom is 0.257 e. The second-order valence-electron chi connectivity index (χ2n) is 7.71. The van der Waals surface area contributed by atoms with Crippen molar-refractivity contribution in [2.45, 2.75) is 45.7 Å². The maximum absolute atomic E-state index is 12.8. The van der Waals surface area contributed by atoms with Gasteiger partial charge in [-0.25, -0.2) is 0 Å². The smallest absolute Gasteiger partial charge is 0.257 e. The first kappa shape index (κ1) is 17.8. The third-order valence-corrected chi connectivity index (χ3v) is 6.21. The molecule has 2 aliphatic rings. The van der Waals surface area contributed by atoms with Crippen LogP contribution in [0.15, 0.2) is 36.5 Å². The SMILES string of the molecule is CCn1ncc(C(=O)N2CCC3(CC2)CC3NC(=O)c2ccccc2)c1C. The van der Waals surface area contributed by atoms with Crippen molar-refractivity contribution in [1.82, 2.24) is 20.0 Å². The Balaban J connectivity index is 1.34. The number of carbonyl (C=O) groups excluding carboxylic acids is 2. The zero-order valence-electron chi connectivity index (χ0n) is 15.9. The lowest BCUT2D eigenvalue weighted by Gasteiger charge is -2.33. The number of rotatable bonds is 4. The minimum Gasteiger partial charge on any atom is -0.349 e. The van der Waals surface area contributed by atoms with Crippen LogP contribution in [-0.4, -0.2) is 45.6 Å². The largest absolute Gasteiger partial charge is 0.349 e. The molecular formula is C21H26N4O2. The second-order valence-corrected chi connectivity index (χ2v) is 7.71. The van der Waals surface area contributed by atoms with Crippen LogP contribution in [0.1, 0.15) is 52.6 Å². The van der Waals surface area contributed by atoms with E-state index in [1.54, 1.807) is 6.20 Å². The van der Waals surface area contributed by atoms with Gasteiger partial charge >= 0.3 is 0 Å². The van der Waals surface area contributed by atoms with E-state index in [9.17, 15) is 9.59 Å². The Labute approximate surface area is 159 Å². The lowest BCUT2D eigenvalue weighted by Crippen LogP contribution is -2.41. The van der Waals surface area contributed by atoms with E-state index in [0.717, 1.165) is 44.6 Å². The van der Waals surface area contributed by atoms with Crippen molar-refractivity contribution in [1.29, 1.82) is 0 Å². The fourth-order valence-corrected chi connectivity index (χ4v) is 4.24. The molecule has 1 saturated carbocycles. The van der Waals surface area contributed by atoms with Gasteiger partial charge in [0.15, 0.2) is 0 Å². The topological polar surface area (TPSA) is 67.2 Å². The molecule has 1 aliphatic carbocycles. The monoisotopic (exact) mass is 366 g/mol. The van der Waals surface area contributed by atoms with Gasteiger partial charge in [-0.1, -0.05) is 18.2 Å². The van der Waals surface area contributed by atoms with Crippen LogP contribution in [-0.2, 0) is 6.54 Å². The average Bonchev–Trinajstić information content (AvgIpc) is 3.20. The second kappa shape index (κ2) is 6.83. The Morgan fingerprint density at radius 3 is 2.56 bits per heavy atom. The van der Waals surface area contributed by atoms with Crippen LogP contribution in [0.5, 0.6) is 0 Å². The number of hydrogen-bond donors (Lipinski definition) is 1. The normalized spacial score (nSPS) is 20.5. The van der Waals surface area contributed by atoms with Crippen molar-refractivity contribution in [3.63, 3.8) is 0 Å². The van der Waals surface area contributed by atoms with Gasteiger partial charge in [0.05, 0.1) is 11.8 Å². The highest BCUT2D eigenvalue weighted by Gasteiger charge is 2.56. The Bertz CT molecular complexity index is 850. The van der Waals surface area contributed by atoms with Gasteiger partial charge in [0.2, 0.25) is 0 Å². The van der Waals surface area contributed by atoms with Gasteiger partial charge in [-0.05, 0) is 50.7 Å². The summed E-state index contributed by atoms with van der Waals surface area (Å²) < 4.78 is 1.86. The quantitative estimate of drug-likeness (QED) is 0.905. The lowest BCUT2D eigenvalue weighted by atomic mass is 9.92. The molecule has 2 amide bonds. The molecule has 1 unspecified atom stereocenters. The minimum absolute atomic E-state index is 0.00131. The number of carbonyl (C=O) groups is 2. The number of benzene rings is 1. The molecule has 27 heavy (non-hydrogen) atoms. The number of aryl methyl sites for hydroxylation is 1. The number of aromatic nitrogens is 2. The van der Waals surface area contributed by atoms with Crippen molar-refractivity contribution >= 4 is 11.8 Å². The highest BCUT2D eigenvalue weighted by atomic mass is 16.2. The van der Waals surface area contributed by atoms with E-state index in [4.69, 9.17) is 0 Å². The molecule has 2 fully saturated rings. The molecule has 1 aromatic heterocycles. The third kappa shape index (κ3) is 3.24. The van der Waals surface area contributed by atoms with Crippen molar-refractivity contribution in [3.8, 4) is 0 Å². The molecular weight excluding hydrogens is 340 g/mol. The Hall–Kier alpha value is -2.63. The predicted octanol–water partition coefficient (Wildman–Crippen LogP) is 2.64. The van der Waals surface area contributed by atoms with Crippen LogP contribution >= 0.6 is 0 Å². The summed E-state index contributed by atoms with van der Waals surface area (Å²) in [6.07, 6.45) is 4.59. The van der Waals surface area contributed by atoms with Gasteiger partial charge in [0.25, 0.3) is 11.8 Å². The van der Waals surface area contributed by atoms with E-state index in [0.29, 0.717) is 11.1 Å². The summed E-state index contributed by atoms with van der Waals surface area (Å²) in [7, 11) is 0. The zero-order chi connectivity index (χ0) is 19.0. The number of piperidine rings is 1. The van der Waals surface area contributed by atoms with E-state index in [1.165, 1.54) is 0 Å². The third-order valence-electron chi connectivity index (χ3n) is 6.21. The highest BCUT2D eigenvalue weighted by Crippen LogP contribution is 2.54. The van der Waals surface area contributed by atoms with Crippen LogP contribution in [0, 0.1) is 12.3 Å². The Morgan fingerprint density at radius 1 is 1.22 bits per heavy atom. The molecule has 2 heterocycles. The maximum atomic E-state index is 12.8. The Kier molecular flexibility index (Phi) is 4.50. The molecule has 0 bridgehead atoms. The molecule has 1 atom stereocenters. The molecule has 2 aromatic rings. The van der Waals surface area contributed by atoms with Gasteiger partial charge in [-0.2, -0.15) is 5.10 Å². The lowest BCUT2D eigenvalue weighted by molar-refractivity contribution is 0.0667. The molecule has 0 radical (unpaired) electrons. The van der Waals surface area contributed by atoms with Crippen LogP contribution < -0.4 is 5.32 Å². The van der Waals surface area contributed by atoms with Gasteiger partial charge in [0, 0.05) is 36.9 Å². The molecule has 6 nitrogen and oxygen atoms in total. The van der Waals surface area contributed by atoms with Gasteiger partial charge in [0.1, 0.15) is 0 Å². The minimum atomic E-state index is -0.00131. The first-order valence-corrected chi connectivity index (χ1v) is 9.72. The van der Waals surface area contributed by atoms with E-state index in [-0.39, 0.29) is 23.3 Å². The van der Waals surface area contributed by atoms with Crippen molar-refractivity contribution in [3.05, 3.63) is 53.3 Å². The number of nitrogens with one attached hydrogen (secondary N) is 1. The first-order valence-electron chi connectivity index (χ1n) is 9.72. The number of likely N-dealkylation sites (tertiary alicyclic amines) is 1. The van der Waals surface area contributed by atoms with Crippen LogP contribution in [0.25, 0.3) is 0 Å². The number of nitrogens with zero attached hydrogens (tertiary/aromatic N) is 3. The zero-order valence-corrected chi connectivity index (χ0v) is 15.9. The van der Waals surface area contributed by atoms with Gasteiger partial charge in [-0.15, -0.1) is 0 Å². The van der Waals surface area contributed by atoms with Crippen LogP contribution in [0.4, 0.5) is 0 Å². The van der Waals surface area contributed by atoms with Crippen molar-refractivity contribution < 1.29 is 9.59 Å². The summed E-state index contributed by atoms with van der Waals surface area (Å²) >= 11 is 0. The average molecular weight is 366 g/mol. The summed E-state index contributed by atoms with van der Waals surface area (Å²) in [5.74, 6) is 0.0751. The first-order chi connectivity index (χ1) is 13.0. The molecule has 1 saturated heterocycles. The molecule has 1 N–H and O–H groups in total. The van der Waals surface area contributed by atoms with Gasteiger partial charge in [-0.3, -0.25) is 14.3 Å². The van der Waals surface area contributed by atoms with Gasteiger partial charge < -0.3 is 10.2 Å². The fourth-order valence-electron chi connectivity index (χ4n) is 4.24. The molecule has 6 heteroatoms. The number of hydrogen-bond acceptors (Lipinski definition) is 3. The molecule has 1 spiro atoms. The van der Waals surface area contributed by atoms with E-state index >= 15 is 0 Å². The standard InChI is InChI=1S/C21H26N4O2/c1-3-25-15(2)17(14-22-25)20(27)24-11-9-21(10-12-24)13-18(21)23-19(26)16-7-5-4-6-8-16/h4-8,14,18H,3,9-13H2,1-2H3,(H,23,26). The number of amides is 2. The van der Waals surface area contributed by atoms with Crippen molar-refractivity contribution in [2.24, 2.45) is 5.41 Å². The van der Waals surface area contributed by atoms with Crippen LogP contribution in [0.3, 0.4) is 0 Å².